The molecule has 0 fully saturated rings. The second-order valence-corrected chi connectivity index (χ2v) is 4.48. The Kier molecular flexibility index (Phi) is 3.60. The molecule has 0 aromatic heterocycles. The lowest BCUT2D eigenvalue weighted by Crippen LogP contribution is -2.02. The minimum Gasteiger partial charge on any atom is -0.457 e. The number of benzene rings is 1. The van der Waals surface area contributed by atoms with Crippen LogP contribution in [0.1, 0.15) is 40.9 Å². The van der Waals surface area contributed by atoms with Crippen molar-refractivity contribution in [2.24, 2.45) is 9.98 Å². The monoisotopic (exact) mass is 256 g/mol. The van der Waals surface area contributed by atoms with E-state index in [1.807, 2.05) is 26.8 Å². The summed E-state index contributed by atoms with van der Waals surface area (Å²) >= 11 is 0. The number of allylic oxidation sites excluding steroid dienone is 1. The van der Waals surface area contributed by atoms with E-state index in [0.29, 0.717) is 12.2 Å². The standard InChI is InChI=1S/C15H16N2O2/c1-9(16-4)7-17-11(3)12-5-6-13-14(10(12)2)8-19-15(13)18/h5-7H,4,8H2,1-3H3/b9-7-,17-11+. The number of carbonyl (C=O) groups excluding carboxylic acids is 1. The Hall–Kier alpha value is -2.23. The maximum atomic E-state index is 11.5. The second-order valence-electron chi connectivity index (χ2n) is 4.48. The zero-order chi connectivity index (χ0) is 14.0. The Labute approximate surface area is 112 Å². The van der Waals surface area contributed by atoms with Crippen LogP contribution in [0.25, 0.3) is 0 Å². The number of aliphatic imine (C=N–C) groups is 2. The zero-order valence-electron chi connectivity index (χ0n) is 11.4. The summed E-state index contributed by atoms with van der Waals surface area (Å²) in [4.78, 5) is 19.6. The molecule has 0 amide bonds. The number of esters is 1. The fourth-order valence-electron chi connectivity index (χ4n) is 2.04. The van der Waals surface area contributed by atoms with Crippen molar-refractivity contribution in [1.29, 1.82) is 0 Å². The summed E-state index contributed by atoms with van der Waals surface area (Å²) in [6.45, 7) is 9.55. The summed E-state index contributed by atoms with van der Waals surface area (Å²) in [5.41, 5.74) is 5.32. The van der Waals surface area contributed by atoms with Gasteiger partial charge in [0.25, 0.3) is 0 Å². The van der Waals surface area contributed by atoms with Gasteiger partial charge in [0.2, 0.25) is 0 Å². The summed E-state index contributed by atoms with van der Waals surface area (Å²) in [6, 6.07) is 3.71. The van der Waals surface area contributed by atoms with Gasteiger partial charge in [0.15, 0.2) is 0 Å². The van der Waals surface area contributed by atoms with Crippen LogP contribution >= 0.6 is 0 Å². The van der Waals surface area contributed by atoms with Crippen molar-refractivity contribution in [3.05, 3.63) is 46.3 Å². The number of ether oxygens (including phenoxy) is 1. The number of fused-ring (bicyclic) bond motifs is 1. The molecule has 0 bridgehead atoms. The fraction of sp³-hybridized carbons (Fsp3) is 0.267. The molecule has 0 saturated heterocycles. The van der Waals surface area contributed by atoms with Crippen LogP contribution in [-0.2, 0) is 11.3 Å². The van der Waals surface area contributed by atoms with Gasteiger partial charge in [-0.1, -0.05) is 6.07 Å². The molecule has 1 aromatic carbocycles. The average molecular weight is 256 g/mol. The number of carbonyl (C=O) groups is 1. The van der Waals surface area contributed by atoms with E-state index in [-0.39, 0.29) is 5.97 Å². The topological polar surface area (TPSA) is 51.0 Å². The average Bonchev–Trinajstić information content (AvgIpc) is 2.78. The van der Waals surface area contributed by atoms with Crippen LogP contribution in [0, 0.1) is 6.92 Å². The lowest BCUT2D eigenvalue weighted by molar-refractivity contribution is 0.0535. The van der Waals surface area contributed by atoms with Crippen LogP contribution in [-0.4, -0.2) is 18.4 Å². The Morgan fingerprint density at radius 3 is 2.84 bits per heavy atom. The molecule has 4 heteroatoms. The maximum absolute atomic E-state index is 11.5. The highest BCUT2D eigenvalue weighted by atomic mass is 16.5. The lowest BCUT2D eigenvalue weighted by atomic mass is 9.96. The van der Waals surface area contributed by atoms with Crippen LogP contribution in [0.4, 0.5) is 0 Å². The van der Waals surface area contributed by atoms with Crippen molar-refractivity contribution in [3.63, 3.8) is 0 Å². The van der Waals surface area contributed by atoms with Crippen molar-refractivity contribution in [2.45, 2.75) is 27.4 Å². The highest BCUT2D eigenvalue weighted by Gasteiger charge is 2.24. The van der Waals surface area contributed by atoms with Gasteiger partial charge in [0.1, 0.15) is 6.61 Å². The molecule has 0 unspecified atom stereocenters. The molecule has 0 spiro atoms. The zero-order valence-corrected chi connectivity index (χ0v) is 11.4. The molecular formula is C15H16N2O2. The Bertz CT molecular complexity index is 613. The number of cyclic esters (lactones) is 1. The first-order valence-corrected chi connectivity index (χ1v) is 6.02. The van der Waals surface area contributed by atoms with Crippen LogP contribution in [0.5, 0.6) is 0 Å². The van der Waals surface area contributed by atoms with E-state index in [4.69, 9.17) is 4.74 Å². The molecule has 4 nitrogen and oxygen atoms in total. The maximum Gasteiger partial charge on any atom is 0.338 e. The largest absolute Gasteiger partial charge is 0.457 e. The van der Waals surface area contributed by atoms with E-state index in [1.54, 1.807) is 12.3 Å². The van der Waals surface area contributed by atoms with E-state index in [0.717, 1.165) is 28.1 Å². The molecule has 98 valence electrons. The SMILES string of the molecule is C=N/C(C)=C\N=C(/C)c1ccc2c(c1C)COC2=O. The van der Waals surface area contributed by atoms with Gasteiger partial charge in [-0.3, -0.25) is 9.98 Å². The van der Waals surface area contributed by atoms with E-state index < -0.39 is 0 Å². The van der Waals surface area contributed by atoms with Gasteiger partial charge in [-0.25, -0.2) is 4.79 Å². The molecule has 1 aliphatic heterocycles. The summed E-state index contributed by atoms with van der Waals surface area (Å²) in [5, 5.41) is 0. The van der Waals surface area contributed by atoms with Crippen molar-refractivity contribution < 1.29 is 9.53 Å². The fourth-order valence-corrected chi connectivity index (χ4v) is 2.04. The van der Waals surface area contributed by atoms with Crippen molar-refractivity contribution >= 4 is 18.4 Å². The molecule has 0 aliphatic carbocycles. The van der Waals surface area contributed by atoms with E-state index in [2.05, 4.69) is 16.7 Å². The van der Waals surface area contributed by atoms with E-state index in [9.17, 15) is 4.79 Å². The van der Waals surface area contributed by atoms with Gasteiger partial charge in [0.05, 0.1) is 11.3 Å². The summed E-state index contributed by atoms with van der Waals surface area (Å²) in [7, 11) is 0. The molecule has 0 radical (unpaired) electrons. The highest BCUT2D eigenvalue weighted by Crippen LogP contribution is 2.26. The Morgan fingerprint density at radius 2 is 2.16 bits per heavy atom. The molecule has 19 heavy (non-hydrogen) atoms. The van der Waals surface area contributed by atoms with E-state index in [1.165, 1.54) is 0 Å². The second kappa shape index (κ2) is 5.18. The van der Waals surface area contributed by atoms with Gasteiger partial charge >= 0.3 is 5.97 Å². The minimum absolute atomic E-state index is 0.245. The third kappa shape index (κ3) is 2.47. The van der Waals surface area contributed by atoms with Crippen LogP contribution in [0.3, 0.4) is 0 Å². The smallest absolute Gasteiger partial charge is 0.338 e. The van der Waals surface area contributed by atoms with Gasteiger partial charge in [-0.15, -0.1) is 0 Å². The predicted octanol–water partition coefficient (Wildman–Crippen LogP) is 3.04. The summed E-state index contributed by atoms with van der Waals surface area (Å²) < 4.78 is 5.04. The van der Waals surface area contributed by atoms with Gasteiger partial charge in [-0.2, -0.15) is 0 Å². The lowest BCUT2D eigenvalue weighted by Gasteiger charge is -2.08. The van der Waals surface area contributed by atoms with Gasteiger partial charge in [-0.05, 0) is 44.7 Å². The van der Waals surface area contributed by atoms with Gasteiger partial charge in [0, 0.05) is 17.5 Å². The molecule has 0 atom stereocenters. The van der Waals surface area contributed by atoms with Crippen molar-refractivity contribution in [1.82, 2.24) is 0 Å². The predicted molar refractivity (Wildman–Crippen MR) is 75.8 cm³/mol. The van der Waals surface area contributed by atoms with Crippen molar-refractivity contribution in [3.8, 4) is 0 Å². The number of nitrogens with zero attached hydrogens (tertiary/aromatic N) is 2. The molecule has 1 aliphatic rings. The summed E-state index contributed by atoms with van der Waals surface area (Å²) in [6.07, 6.45) is 1.68. The summed E-state index contributed by atoms with van der Waals surface area (Å²) in [5.74, 6) is -0.245. The van der Waals surface area contributed by atoms with Crippen LogP contribution in [0.2, 0.25) is 0 Å². The van der Waals surface area contributed by atoms with E-state index >= 15 is 0 Å². The molecule has 1 aromatic rings. The molecule has 0 N–H and O–H groups in total. The molecule has 0 saturated carbocycles. The van der Waals surface area contributed by atoms with Gasteiger partial charge < -0.3 is 4.74 Å². The molecule has 1 heterocycles. The number of hydrogen-bond donors (Lipinski definition) is 0. The number of hydrogen-bond acceptors (Lipinski definition) is 4. The first-order chi connectivity index (χ1) is 9.04. The first-order valence-electron chi connectivity index (χ1n) is 6.02. The van der Waals surface area contributed by atoms with Crippen LogP contribution in [0.15, 0.2) is 34.0 Å². The molecule has 2 rings (SSSR count). The normalized spacial score (nSPS) is 15.2. The van der Waals surface area contributed by atoms with Crippen molar-refractivity contribution in [2.75, 3.05) is 0 Å². The van der Waals surface area contributed by atoms with Crippen LogP contribution < -0.4 is 0 Å². The third-order valence-electron chi connectivity index (χ3n) is 3.25. The Morgan fingerprint density at radius 1 is 1.42 bits per heavy atom. The third-order valence-corrected chi connectivity index (χ3v) is 3.25. The molecular weight excluding hydrogens is 240 g/mol. The highest BCUT2D eigenvalue weighted by molar-refractivity contribution is 6.03. The first kappa shape index (κ1) is 13.2. The quantitative estimate of drug-likeness (QED) is 0.616. The Balaban J connectivity index is 2.42. The minimum atomic E-state index is -0.245. The number of rotatable bonds is 3.